The van der Waals surface area contributed by atoms with Crippen molar-refractivity contribution < 1.29 is 38.2 Å². The molecule has 1 aromatic heterocycles. The lowest BCUT2D eigenvalue weighted by molar-refractivity contribution is -0.0268. The Morgan fingerprint density at radius 2 is 1.94 bits per heavy atom. The van der Waals surface area contributed by atoms with Gasteiger partial charge in [-0.25, -0.2) is 4.79 Å². The molecule has 1 aliphatic rings. The van der Waals surface area contributed by atoms with E-state index in [0.717, 1.165) is 16.7 Å². The molecule has 2 unspecified atom stereocenters. The summed E-state index contributed by atoms with van der Waals surface area (Å²) in [7, 11) is -11.2. The first-order valence-electron chi connectivity index (χ1n) is 9.64. The normalized spacial score (nSPS) is 24.1. The zero-order chi connectivity index (χ0) is 25.3. The number of nitrogens with zero attached hydrogens (tertiary/aromatic N) is 4. The Bertz CT molecular complexity index is 1320. The predicted molar refractivity (Wildman–Crippen MR) is 116 cm³/mol. The topological polar surface area (TPSA) is 237 Å². The van der Waals surface area contributed by atoms with Gasteiger partial charge >= 0.3 is 20.9 Å². The molecule has 1 fully saturated rings. The fourth-order valence-corrected chi connectivity index (χ4v) is 6.43. The van der Waals surface area contributed by atoms with E-state index in [4.69, 9.17) is 14.8 Å². The molecule has 5 atom stereocenters. The molecular weight excluding hydrogens is 496 g/mol. The number of benzene rings is 1. The van der Waals surface area contributed by atoms with Crippen LogP contribution in [0.15, 0.2) is 51.2 Å². The van der Waals surface area contributed by atoms with Crippen molar-refractivity contribution in [2.75, 3.05) is 6.61 Å². The molecule has 15 nitrogen and oxygen atoms in total. The van der Waals surface area contributed by atoms with E-state index < -0.39 is 62.1 Å². The Hall–Kier alpha value is -2.57. The highest BCUT2D eigenvalue weighted by Crippen LogP contribution is 2.75. The van der Waals surface area contributed by atoms with Crippen molar-refractivity contribution in [2.24, 2.45) is 5.11 Å². The van der Waals surface area contributed by atoms with Gasteiger partial charge in [0.25, 0.3) is 10.6 Å². The number of nitrogens with one attached hydrogen (secondary N) is 1. The number of rotatable bonds is 8. The molecule has 184 valence electrons. The molecule has 17 heteroatoms. The second-order valence-corrected chi connectivity index (χ2v) is 11.5. The number of hydrogen-bond acceptors (Lipinski definition) is 8. The summed E-state index contributed by atoms with van der Waals surface area (Å²) in [6.45, 7) is 0.615. The summed E-state index contributed by atoms with van der Waals surface area (Å²) in [5.41, 5.74) is 7.07. The van der Waals surface area contributed by atoms with Crippen molar-refractivity contribution >= 4 is 15.2 Å². The van der Waals surface area contributed by atoms with Crippen LogP contribution in [0.1, 0.15) is 23.8 Å². The molecule has 2 aromatic rings. The minimum Gasteiger partial charge on any atom is -0.364 e. The Kier molecular flexibility index (Phi) is 7.34. The van der Waals surface area contributed by atoms with E-state index in [1.54, 1.807) is 0 Å². The van der Waals surface area contributed by atoms with E-state index >= 15 is 0 Å². The lowest BCUT2D eigenvalue weighted by Gasteiger charge is -2.32. The molecule has 0 saturated carbocycles. The number of ether oxygens (including phenoxy) is 1. The zero-order valence-corrected chi connectivity index (χ0v) is 19.3. The van der Waals surface area contributed by atoms with E-state index in [0.29, 0.717) is 0 Å². The molecule has 0 amide bonds. The van der Waals surface area contributed by atoms with Gasteiger partial charge in [0.2, 0.25) is 0 Å². The van der Waals surface area contributed by atoms with E-state index in [1.807, 2.05) is 0 Å². The summed E-state index contributed by atoms with van der Waals surface area (Å²) < 4.78 is 36.6. The summed E-state index contributed by atoms with van der Waals surface area (Å²) >= 11 is 0. The van der Waals surface area contributed by atoms with Crippen LogP contribution in [0, 0.1) is 6.92 Å². The van der Waals surface area contributed by atoms with Gasteiger partial charge in [0, 0.05) is 28.7 Å². The second-order valence-electron chi connectivity index (χ2n) is 7.48. The number of azide groups is 1. The lowest BCUT2D eigenvalue weighted by atomic mass is 10.1. The molecule has 0 bridgehead atoms. The number of aliphatic hydroxyl groups is 1. The quantitative estimate of drug-likeness (QED) is 0.144. The minimum atomic E-state index is -5.68. The highest BCUT2D eigenvalue weighted by molar-refractivity contribution is 7.71. The molecule has 5 N–H and O–H groups in total. The van der Waals surface area contributed by atoms with Crippen LogP contribution in [0.3, 0.4) is 0 Å². The summed E-state index contributed by atoms with van der Waals surface area (Å²) in [6.07, 6.45) is -1.15. The number of hydrogen-bond donors (Lipinski definition) is 5. The highest BCUT2D eigenvalue weighted by atomic mass is 31.2. The number of aromatic amines is 1. The van der Waals surface area contributed by atoms with Crippen LogP contribution in [0.25, 0.3) is 10.4 Å². The number of H-pyrrole nitrogens is 1. The van der Waals surface area contributed by atoms with Gasteiger partial charge in [0.15, 0.2) is 0 Å². The third-order valence-corrected chi connectivity index (χ3v) is 9.39. The number of aromatic nitrogens is 2. The molecule has 1 aromatic carbocycles. The van der Waals surface area contributed by atoms with Crippen LogP contribution >= 0.6 is 15.2 Å². The SMILES string of the molecule is Cc1cn([C@H]2C[C@H](N=[N+]=[N-])[C@@H](COP(=O)(O)C(O)(c3ccccc3)P(=O)(O)O)O2)c(=O)[nH]c1=O. The third kappa shape index (κ3) is 4.80. The van der Waals surface area contributed by atoms with Crippen LogP contribution < -0.4 is 11.2 Å². The Morgan fingerprint density at radius 3 is 2.53 bits per heavy atom. The van der Waals surface area contributed by atoms with Gasteiger partial charge in [-0.15, -0.1) is 0 Å². The molecule has 1 saturated heterocycles. The maximum atomic E-state index is 12.9. The maximum absolute atomic E-state index is 12.9. The predicted octanol–water partition coefficient (Wildman–Crippen LogP) is 0.994. The van der Waals surface area contributed by atoms with Crippen LogP contribution in [-0.2, 0) is 23.5 Å². The van der Waals surface area contributed by atoms with Gasteiger partial charge in [-0.2, -0.15) is 0 Å². The first-order valence-corrected chi connectivity index (χ1v) is 12.8. The van der Waals surface area contributed by atoms with E-state index in [1.165, 1.54) is 31.3 Å². The van der Waals surface area contributed by atoms with Gasteiger partial charge in [-0.05, 0) is 12.5 Å². The monoisotopic (exact) mass is 517 g/mol. The largest absolute Gasteiger partial charge is 0.376 e. The highest BCUT2D eigenvalue weighted by Gasteiger charge is 2.62. The smallest absolute Gasteiger partial charge is 0.364 e. The maximum Gasteiger partial charge on any atom is 0.376 e. The van der Waals surface area contributed by atoms with Crippen molar-refractivity contribution in [1.82, 2.24) is 9.55 Å². The van der Waals surface area contributed by atoms with Gasteiger partial charge in [-0.3, -0.25) is 23.5 Å². The second kappa shape index (κ2) is 9.59. The first-order chi connectivity index (χ1) is 15.8. The van der Waals surface area contributed by atoms with E-state index in [-0.39, 0.29) is 12.0 Å². The summed E-state index contributed by atoms with van der Waals surface area (Å²) in [5.74, 6) is 0. The van der Waals surface area contributed by atoms with Gasteiger partial charge in [-0.1, -0.05) is 35.4 Å². The lowest BCUT2D eigenvalue weighted by Crippen LogP contribution is -2.33. The molecule has 0 radical (unpaired) electrons. The van der Waals surface area contributed by atoms with Crippen LogP contribution in [0.5, 0.6) is 0 Å². The fraction of sp³-hybridized carbons (Fsp3) is 0.412. The summed E-state index contributed by atoms with van der Waals surface area (Å²) in [4.78, 5) is 58.4. The van der Waals surface area contributed by atoms with E-state index in [2.05, 4.69) is 15.0 Å². The Labute approximate surface area is 190 Å². The van der Waals surface area contributed by atoms with Crippen LogP contribution in [-0.4, -0.2) is 48.1 Å². The first kappa shape index (κ1) is 26.0. The van der Waals surface area contributed by atoms with Crippen molar-refractivity contribution in [3.05, 3.63) is 78.9 Å². The average molecular weight is 517 g/mol. The standard InChI is InChI=1S/C17H21N5O10P2/c1-10-8-22(16(24)19-15(10)23)14-7-12(20-21-18)13(32-14)9-31-34(29,30)17(25,33(26,27)28)11-5-3-2-4-6-11/h2-6,8,12-14,25H,7,9H2,1H3,(H,29,30)(H,19,23,24)(H2,26,27,28)/t12-,13+,14+,17?/m0/s1. The molecule has 1 aliphatic heterocycles. The van der Waals surface area contributed by atoms with Gasteiger partial charge in [0.1, 0.15) is 6.23 Å². The van der Waals surface area contributed by atoms with Gasteiger partial charge in [0.05, 0.1) is 18.8 Å². The molecule has 3 rings (SSSR count). The number of aryl methyl sites for hydroxylation is 1. The molecule has 2 heterocycles. The Morgan fingerprint density at radius 1 is 1.29 bits per heavy atom. The van der Waals surface area contributed by atoms with Crippen molar-refractivity contribution in [2.45, 2.75) is 36.8 Å². The minimum absolute atomic E-state index is 0.0827. The van der Waals surface area contributed by atoms with Crippen LogP contribution in [0.4, 0.5) is 0 Å². The molecule has 0 aliphatic carbocycles. The average Bonchev–Trinajstić information content (AvgIpc) is 3.17. The third-order valence-electron chi connectivity index (χ3n) is 5.24. The van der Waals surface area contributed by atoms with Crippen LogP contribution in [0.2, 0.25) is 0 Å². The van der Waals surface area contributed by atoms with E-state index in [9.17, 15) is 38.5 Å². The van der Waals surface area contributed by atoms with Crippen molar-refractivity contribution in [3.8, 4) is 0 Å². The molecular formula is C17H21N5O10P2. The zero-order valence-electron chi connectivity index (χ0n) is 17.5. The summed E-state index contributed by atoms with van der Waals surface area (Å²) in [5, 5.41) is 10.6. The fourth-order valence-electron chi connectivity index (χ4n) is 3.45. The molecule has 34 heavy (non-hydrogen) atoms. The Balaban J connectivity index is 1.89. The van der Waals surface area contributed by atoms with Gasteiger partial charge < -0.3 is 29.0 Å². The molecule has 0 spiro atoms. The van der Waals surface area contributed by atoms with Crippen molar-refractivity contribution in [3.63, 3.8) is 0 Å². The summed E-state index contributed by atoms with van der Waals surface area (Å²) in [6, 6.07) is 5.12. The van der Waals surface area contributed by atoms with Crippen molar-refractivity contribution in [1.29, 1.82) is 0 Å².